The molecule has 0 saturated carbocycles. The first-order chi connectivity index (χ1) is 14.4. The van der Waals surface area contributed by atoms with Gasteiger partial charge in [-0.3, -0.25) is 0 Å². The van der Waals surface area contributed by atoms with E-state index in [2.05, 4.69) is 45.5 Å². The van der Waals surface area contributed by atoms with Crippen molar-refractivity contribution in [3.05, 3.63) is 48.5 Å². The summed E-state index contributed by atoms with van der Waals surface area (Å²) in [7, 11) is 0. The maximum Gasteiger partial charge on any atom is 0.0701 e. The van der Waals surface area contributed by atoms with Crippen LogP contribution in [-0.4, -0.2) is 65.8 Å². The lowest BCUT2D eigenvalue weighted by molar-refractivity contribution is 0.0557. The van der Waals surface area contributed by atoms with E-state index >= 15 is 0 Å². The fraction of sp³-hybridized carbons (Fsp3) is 0.455. The zero-order chi connectivity index (χ0) is 20.0. The van der Waals surface area contributed by atoms with E-state index in [0.29, 0.717) is 39.6 Å². The molecule has 7 heteroatoms. The van der Waals surface area contributed by atoms with Gasteiger partial charge in [0.15, 0.2) is 0 Å². The third kappa shape index (κ3) is 7.81. The minimum Gasteiger partial charge on any atom is -0.381 e. The summed E-state index contributed by atoms with van der Waals surface area (Å²) in [4.78, 5) is 0. The van der Waals surface area contributed by atoms with E-state index in [1.807, 2.05) is 24.3 Å². The Morgan fingerprint density at radius 2 is 0.690 bits per heavy atom. The first-order valence-electron chi connectivity index (χ1n) is 10.3. The Morgan fingerprint density at radius 1 is 0.414 bits per heavy atom. The van der Waals surface area contributed by atoms with E-state index in [-0.39, 0.29) is 0 Å². The predicted octanol–water partition coefficient (Wildman–Crippen LogP) is 3.10. The maximum atomic E-state index is 5.76. The van der Waals surface area contributed by atoms with E-state index in [1.165, 1.54) is 0 Å². The topological polar surface area (TPSA) is 75.8 Å². The SMILES string of the molecule is c1ccc2c(c1)NCCOCCNc1ccccc1NCCOCCOCCN2. The van der Waals surface area contributed by atoms with Gasteiger partial charge in [0.05, 0.1) is 62.4 Å². The number of nitrogens with one attached hydrogen (secondary N) is 4. The van der Waals surface area contributed by atoms with Crippen molar-refractivity contribution in [2.24, 2.45) is 0 Å². The molecule has 0 radical (unpaired) electrons. The molecule has 0 bridgehead atoms. The van der Waals surface area contributed by atoms with Gasteiger partial charge in [0.25, 0.3) is 0 Å². The number of rotatable bonds is 0. The van der Waals surface area contributed by atoms with Crippen LogP contribution in [0.1, 0.15) is 0 Å². The van der Waals surface area contributed by atoms with Crippen LogP contribution in [0.3, 0.4) is 0 Å². The second-order valence-electron chi connectivity index (χ2n) is 6.64. The fourth-order valence-corrected chi connectivity index (χ4v) is 3.04. The van der Waals surface area contributed by atoms with Crippen LogP contribution in [-0.2, 0) is 14.2 Å². The fourth-order valence-electron chi connectivity index (χ4n) is 3.04. The lowest BCUT2D eigenvalue weighted by Crippen LogP contribution is -2.16. The zero-order valence-electron chi connectivity index (χ0n) is 16.9. The van der Waals surface area contributed by atoms with Gasteiger partial charge in [-0.1, -0.05) is 24.3 Å². The molecule has 0 spiro atoms. The maximum absolute atomic E-state index is 5.76. The number of hydrogen-bond acceptors (Lipinski definition) is 7. The lowest BCUT2D eigenvalue weighted by Gasteiger charge is -2.15. The largest absolute Gasteiger partial charge is 0.381 e. The summed E-state index contributed by atoms with van der Waals surface area (Å²) in [6, 6.07) is 16.4. The average molecular weight is 401 g/mol. The monoisotopic (exact) mass is 400 g/mol. The number of hydrogen-bond donors (Lipinski definition) is 4. The van der Waals surface area contributed by atoms with Gasteiger partial charge in [0, 0.05) is 26.2 Å². The molecular formula is C22H32N4O3. The Balaban J connectivity index is 1.51. The molecule has 158 valence electrons. The minimum atomic E-state index is 0.594. The van der Waals surface area contributed by atoms with Crippen LogP contribution in [0.5, 0.6) is 0 Å². The van der Waals surface area contributed by atoms with Crippen molar-refractivity contribution in [2.75, 3.05) is 87.1 Å². The number of ether oxygens (including phenoxy) is 3. The van der Waals surface area contributed by atoms with Crippen molar-refractivity contribution in [3.63, 3.8) is 0 Å². The summed E-state index contributed by atoms with van der Waals surface area (Å²) in [5, 5.41) is 13.7. The van der Waals surface area contributed by atoms with Gasteiger partial charge in [0.2, 0.25) is 0 Å². The van der Waals surface area contributed by atoms with Crippen molar-refractivity contribution in [1.29, 1.82) is 0 Å². The van der Waals surface area contributed by atoms with E-state index in [4.69, 9.17) is 14.2 Å². The standard InChI is InChI=1S/C22H32N4O3/c1-3-7-21-19(5-1)23-9-13-27-14-10-24-20-6-2-4-8-22(20)26-12-16-29-18-17-28-15-11-25-21/h1-8,23-26H,9-18H2. The molecule has 0 amide bonds. The third-order valence-electron chi connectivity index (χ3n) is 4.47. The molecule has 0 unspecified atom stereocenters. The number of anilines is 4. The van der Waals surface area contributed by atoms with Crippen LogP contribution in [0, 0.1) is 0 Å². The van der Waals surface area contributed by atoms with Gasteiger partial charge in [-0.05, 0) is 24.3 Å². The molecular weight excluding hydrogens is 368 g/mol. The Bertz CT molecular complexity index is 654. The van der Waals surface area contributed by atoms with Gasteiger partial charge in [0.1, 0.15) is 0 Å². The number of benzene rings is 2. The van der Waals surface area contributed by atoms with Crippen LogP contribution in [0.15, 0.2) is 48.5 Å². The predicted molar refractivity (Wildman–Crippen MR) is 119 cm³/mol. The van der Waals surface area contributed by atoms with Gasteiger partial charge in [-0.2, -0.15) is 0 Å². The quantitative estimate of drug-likeness (QED) is 0.541. The molecule has 4 N–H and O–H groups in total. The van der Waals surface area contributed by atoms with E-state index < -0.39 is 0 Å². The summed E-state index contributed by atoms with van der Waals surface area (Å²) in [6.07, 6.45) is 0. The van der Waals surface area contributed by atoms with Crippen LogP contribution >= 0.6 is 0 Å². The normalized spacial score (nSPS) is 17.7. The summed E-state index contributed by atoms with van der Waals surface area (Å²) >= 11 is 0. The highest BCUT2D eigenvalue weighted by Gasteiger charge is 2.03. The molecule has 1 heterocycles. The second kappa shape index (κ2) is 12.9. The molecule has 29 heavy (non-hydrogen) atoms. The van der Waals surface area contributed by atoms with Crippen LogP contribution in [0.25, 0.3) is 0 Å². The van der Waals surface area contributed by atoms with Crippen molar-refractivity contribution >= 4 is 22.7 Å². The smallest absolute Gasteiger partial charge is 0.0701 e. The average Bonchev–Trinajstić information content (AvgIpc) is 2.75. The molecule has 7 nitrogen and oxygen atoms in total. The highest BCUT2D eigenvalue weighted by atomic mass is 16.5. The highest BCUT2D eigenvalue weighted by Crippen LogP contribution is 2.21. The molecule has 1 aliphatic rings. The Morgan fingerprint density at radius 3 is 1.00 bits per heavy atom. The molecule has 0 fully saturated rings. The van der Waals surface area contributed by atoms with Crippen molar-refractivity contribution < 1.29 is 14.2 Å². The molecule has 0 atom stereocenters. The van der Waals surface area contributed by atoms with Crippen molar-refractivity contribution in [3.8, 4) is 0 Å². The first-order valence-corrected chi connectivity index (χ1v) is 10.3. The highest BCUT2D eigenvalue weighted by molar-refractivity contribution is 5.69. The van der Waals surface area contributed by atoms with Crippen molar-refractivity contribution in [2.45, 2.75) is 0 Å². The van der Waals surface area contributed by atoms with E-state index in [9.17, 15) is 0 Å². The van der Waals surface area contributed by atoms with Gasteiger partial charge in [-0.25, -0.2) is 0 Å². The summed E-state index contributed by atoms with van der Waals surface area (Å²) in [6.45, 7) is 6.77. The first kappa shape index (κ1) is 21.2. The molecule has 1 aliphatic heterocycles. The molecule has 2 aromatic rings. The molecule has 2 aromatic carbocycles. The Kier molecular flexibility index (Phi) is 9.43. The van der Waals surface area contributed by atoms with Crippen LogP contribution < -0.4 is 21.3 Å². The van der Waals surface area contributed by atoms with Crippen LogP contribution in [0.4, 0.5) is 22.7 Å². The lowest BCUT2D eigenvalue weighted by atomic mass is 10.2. The summed E-state index contributed by atoms with van der Waals surface area (Å²) in [5.74, 6) is 0. The zero-order valence-corrected chi connectivity index (χ0v) is 16.9. The van der Waals surface area contributed by atoms with E-state index in [1.54, 1.807) is 0 Å². The van der Waals surface area contributed by atoms with Crippen molar-refractivity contribution in [1.82, 2.24) is 0 Å². The van der Waals surface area contributed by atoms with Gasteiger partial charge < -0.3 is 35.5 Å². The Hall–Kier alpha value is -2.48. The minimum absolute atomic E-state index is 0.594. The molecule has 0 saturated heterocycles. The van der Waals surface area contributed by atoms with Gasteiger partial charge >= 0.3 is 0 Å². The van der Waals surface area contributed by atoms with Gasteiger partial charge in [-0.15, -0.1) is 0 Å². The second-order valence-corrected chi connectivity index (χ2v) is 6.64. The number of fused-ring (bicyclic) bond motifs is 2. The van der Waals surface area contributed by atoms with E-state index in [0.717, 1.165) is 48.9 Å². The Labute approximate surface area is 173 Å². The summed E-state index contributed by atoms with van der Waals surface area (Å²) in [5.41, 5.74) is 4.29. The molecule has 0 aliphatic carbocycles. The van der Waals surface area contributed by atoms with Crippen LogP contribution in [0.2, 0.25) is 0 Å². The molecule has 0 aromatic heterocycles. The summed E-state index contributed by atoms with van der Waals surface area (Å²) < 4.78 is 17.0. The third-order valence-corrected chi connectivity index (χ3v) is 4.47. The number of para-hydroxylation sites is 4. The molecule has 3 rings (SSSR count).